The Hall–Kier alpha value is -0.210. The molecule has 2 rings (SSSR count). The Morgan fingerprint density at radius 3 is 2.40 bits per heavy atom. The molecule has 1 aliphatic carbocycles. The number of piperidine rings is 1. The van der Waals surface area contributed by atoms with Crippen LogP contribution >= 0.6 is 0 Å². The number of hydrogen-bond donors (Lipinski definition) is 2. The van der Waals surface area contributed by atoms with Crippen molar-refractivity contribution in [3.63, 3.8) is 0 Å². The summed E-state index contributed by atoms with van der Waals surface area (Å²) in [4.78, 5) is 0. The van der Waals surface area contributed by atoms with E-state index < -0.39 is 10.2 Å². The molecule has 1 saturated carbocycles. The Morgan fingerprint density at radius 1 is 1.10 bits per heavy atom. The standard InChI is InChI=1S/C13H27N3O3S/c14-12-4-6-13(7-5-12)19-11-8-15-20(17,18)16-9-2-1-3-10-16/h12-13,15H,1-11,14H2. The fourth-order valence-electron chi connectivity index (χ4n) is 2.85. The predicted octanol–water partition coefficient (Wildman–Crippen LogP) is 0.593. The van der Waals surface area contributed by atoms with E-state index in [9.17, 15) is 8.42 Å². The molecule has 118 valence electrons. The van der Waals surface area contributed by atoms with Crippen LogP contribution in [-0.2, 0) is 14.9 Å². The van der Waals surface area contributed by atoms with Gasteiger partial charge in [0, 0.05) is 25.7 Å². The summed E-state index contributed by atoms with van der Waals surface area (Å²) in [7, 11) is -3.31. The minimum Gasteiger partial charge on any atom is -0.377 e. The fraction of sp³-hybridized carbons (Fsp3) is 1.00. The van der Waals surface area contributed by atoms with E-state index in [1.807, 2.05) is 0 Å². The summed E-state index contributed by atoms with van der Waals surface area (Å²) in [5, 5.41) is 0. The largest absolute Gasteiger partial charge is 0.377 e. The van der Waals surface area contributed by atoms with Crippen LogP contribution < -0.4 is 10.5 Å². The SMILES string of the molecule is NC1CCC(OCCNS(=O)(=O)N2CCCCC2)CC1. The average molecular weight is 305 g/mol. The molecular weight excluding hydrogens is 278 g/mol. The monoisotopic (exact) mass is 305 g/mol. The second-order valence-corrected chi connectivity index (χ2v) is 7.52. The van der Waals surface area contributed by atoms with E-state index in [0.29, 0.717) is 32.3 Å². The van der Waals surface area contributed by atoms with E-state index in [4.69, 9.17) is 10.5 Å². The summed E-state index contributed by atoms with van der Waals surface area (Å²) < 4.78 is 33.9. The molecule has 0 bridgehead atoms. The van der Waals surface area contributed by atoms with Gasteiger partial charge in [-0.2, -0.15) is 17.4 Å². The molecule has 0 radical (unpaired) electrons. The summed E-state index contributed by atoms with van der Waals surface area (Å²) in [6.07, 6.45) is 7.27. The minimum absolute atomic E-state index is 0.245. The van der Waals surface area contributed by atoms with E-state index in [0.717, 1.165) is 44.9 Å². The maximum atomic E-state index is 12.0. The number of nitrogens with one attached hydrogen (secondary N) is 1. The molecule has 0 aromatic carbocycles. The molecule has 7 heteroatoms. The lowest BCUT2D eigenvalue weighted by molar-refractivity contribution is 0.0286. The van der Waals surface area contributed by atoms with Gasteiger partial charge in [0.1, 0.15) is 0 Å². The van der Waals surface area contributed by atoms with Crippen molar-refractivity contribution in [1.29, 1.82) is 0 Å². The zero-order valence-electron chi connectivity index (χ0n) is 12.1. The normalized spacial score (nSPS) is 29.4. The lowest BCUT2D eigenvalue weighted by atomic mass is 9.94. The maximum absolute atomic E-state index is 12.0. The zero-order valence-corrected chi connectivity index (χ0v) is 12.9. The molecule has 1 heterocycles. The van der Waals surface area contributed by atoms with Crippen LogP contribution in [0.2, 0.25) is 0 Å². The highest BCUT2D eigenvalue weighted by atomic mass is 32.2. The highest BCUT2D eigenvalue weighted by molar-refractivity contribution is 7.87. The second-order valence-electron chi connectivity index (χ2n) is 5.77. The summed E-state index contributed by atoms with van der Waals surface area (Å²) in [6.45, 7) is 2.06. The third kappa shape index (κ3) is 4.96. The van der Waals surface area contributed by atoms with Gasteiger partial charge in [0.25, 0.3) is 10.2 Å². The Bertz CT molecular complexity index is 374. The van der Waals surface area contributed by atoms with Gasteiger partial charge >= 0.3 is 0 Å². The number of nitrogens with two attached hydrogens (primary N) is 1. The molecule has 0 aromatic rings. The molecule has 0 amide bonds. The molecule has 20 heavy (non-hydrogen) atoms. The molecule has 6 nitrogen and oxygen atoms in total. The first-order valence-corrected chi connectivity index (χ1v) is 9.14. The van der Waals surface area contributed by atoms with Crippen molar-refractivity contribution in [3.8, 4) is 0 Å². The molecule has 0 spiro atoms. The molecular formula is C13H27N3O3S. The topological polar surface area (TPSA) is 84.7 Å². The van der Waals surface area contributed by atoms with Gasteiger partial charge in [-0.3, -0.25) is 0 Å². The molecule has 2 aliphatic rings. The molecule has 0 aromatic heterocycles. The fourth-order valence-corrected chi connectivity index (χ4v) is 4.11. The highest BCUT2D eigenvalue weighted by Crippen LogP contribution is 2.19. The van der Waals surface area contributed by atoms with Gasteiger partial charge in [-0.15, -0.1) is 0 Å². The minimum atomic E-state index is -3.31. The van der Waals surface area contributed by atoms with Crippen molar-refractivity contribution in [2.75, 3.05) is 26.2 Å². The van der Waals surface area contributed by atoms with Gasteiger partial charge in [0.05, 0.1) is 12.7 Å². The average Bonchev–Trinajstić information content (AvgIpc) is 2.46. The van der Waals surface area contributed by atoms with Gasteiger partial charge in [0.15, 0.2) is 0 Å². The van der Waals surface area contributed by atoms with Gasteiger partial charge in [-0.25, -0.2) is 0 Å². The Morgan fingerprint density at radius 2 is 1.75 bits per heavy atom. The molecule has 2 fully saturated rings. The first kappa shape index (κ1) is 16.2. The van der Waals surface area contributed by atoms with Crippen LogP contribution in [0, 0.1) is 0 Å². The number of ether oxygens (including phenoxy) is 1. The number of nitrogens with zero attached hydrogens (tertiary/aromatic N) is 1. The van der Waals surface area contributed by atoms with Crippen LogP contribution in [0.15, 0.2) is 0 Å². The van der Waals surface area contributed by atoms with Crippen molar-refractivity contribution in [1.82, 2.24) is 9.03 Å². The number of rotatable bonds is 6. The quantitative estimate of drug-likeness (QED) is 0.704. The molecule has 0 atom stereocenters. The van der Waals surface area contributed by atoms with Crippen LogP contribution in [-0.4, -0.2) is 51.1 Å². The van der Waals surface area contributed by atoms with E-state index in [1.54, 1.807) is 0 Å². The van der Waals surface area contributed by atoms with Crippen LogP contribution in [0.5, 0.6) is 0 Å². The van der Waals surface area contributed by atoms with E-state index in [1.165, 1.54) is 4.31 Å². The molecule has 0 unspecified atom stereocenters. The van der Waals surface area contributed by atoms with E-state index in [-0.39, 0.29) is 6.10 Å². The first-order valence-electron chi connectivity index (χ1n) is 7.70. The summed E-state index contributed by atoms with van der Waals surface area (Å²) in [5.41, 5.74) is 5.84. The van der Waals surface area contributed by atoms with Gasteiger partial charge < -0.3 is 10.5 Å². The zero-order chi connectivity index (χ0) is 14.4. The Kier molecular flexibility index (Phi) is 6.22. The van der Waals surface area contributed by atoms with Gasteiger partial charge in [-0.1, -0.05) is 6.42 Å². The van der Waals surface area contributed by atoms with Crippen molar-refractivity contribution >= 4 is 10.2 Å². The molecule has 3 N–H and O–H groups in total. The maximum Gasteiger partial charge on any atom is 0.279 e. The summed E-state index contributed by atoms with van der Waals surface area (Å²) in [5.74, 6) is 0. The molecule has 1 aliphatic heterocycles. The van der Waals surface area contributed by atoms with Gasteiger partial charge in [-0.05, 0) is 38.5 Å². The second kappa shape index (κ2) is 7.70. The van der Waals surface area contributed by atoms with Crippen LogP contribution in [0.3, 0.4) is 0 Å². The summed E-state index contributed by atoms with van der Waals surface area (Å²) in [6, 6.07) is 0.312. The van der Waals surface area contributed by atoms with Crippen molar-refractivity contribution in [2.24, 2.45) is 5.73 Å². The predicted molar refractivity (Wildman–Crippen MR) is 78.5 cm³/mol. The molecule has 1 saturated heterocycles. The Labute approximate surface area is 122 Å². The van der Waals surface area contributed by atoms with Crippen molar-refractivity contribution in [2.45, 2.75) is 57.1 Å². The Balaban J connectivity index is 1.62. The lowest BCUT2D eigenvalue weighted by Gasteiger charge is -2.27. The number of hydrogen-bond acceptors (Lipinski definition) is 4. The summed E-state index contributed by atoms with van der Waals surface area (Å²) >= 11 is 0. The van der Waals surface area contributed by atoms with Crippen molar-refractivity contribution < 1.29 is 13.2 Å². The van der Waals surface area contributed by atoms with Crippen LogP contribution in [0.4, 0.5) is 0 Å². The van der Waals surface area contributed by atoms with E-state index in [2.05, 4.69) is 4.72 Å². The highest BCUT2D eigenvalue weighted by Gasteiger charge is 2.23. The third-order valence-corrected chi connectivity index (χ3v) is 5.73. The van der Waals surface area contributed by atoms with Crippen LogP contribution in [0.25, 0.3) is 0 Å². The third-order valence-electron chi connectivity index (χ3n) is 4.11. The van der Waals surface area contributed by atoms with Crippen LogP contribution in [0.1, 0.15) is 44.9 Å². The van der Waals surface area contributed by atoms with Gasteiger partial charge in [0.2, 0.25) is 0 Å². The smallest absolute Gasteiger partial charge is 0.279 e. The lowest BCUT2D eigenvalue weighted by Crippen LogP contribution is -2.44. The van der Waals surface area contributed by atoms with E-state index >= 15 is 0 Å². The van der Waals surface area contributed by atoms with Crippen molar-refractivity contribution in [3.05, 3.63) is 0 Å². The first-order chi connectivity index (χ1) is 9.58.